The van der Waals surface area contributed by atoms with Crippen LogP contribution in [0.25, 0.3) is 0 Å². The van der Waals surface area contributed by atoms with Crippen molar-refractivity contribution in [1.82, 2.24) is 5.32 Å². The zero-order valence-corrected chi connectivity index (χ0v) is 28.1. The number of unbranched alkanes of at least 4 members (excludes halogenated alkanes) is 22. The number of allylic oxidation sites excluding steroid dienone is 2. The molecule has 0 heterocycles. The molecule has 0 radical (unpaired) electrons. The Bertz CT molecular complexity index is 582. The Morgan fingerprint density at radius 1 is 0.571 bits per heavy atom. The van der Waals surface area contributed by atoms with E-state index in [0.717, 1.165) is 38.5 Å². The normalized spacial score (nSPS) is 13.9. The number of hydrogen-bond donors (Lipinski definition) is 4. The fourth-order valence-corrected chi connectivity index (χ4v) is 5.68. The van der Waals surface area contributed by atoms with Crippen molar-refractivity contribution in [1.29, 1.82) is 0 Å². The van der Waals surface area contributed by atoms with Crippen molar-refractivity contribution in [3.63, 3.8) is 0 Å². The highest BCUT2D eigenvalue weighted by Crippen LogP contribution is 2.16. The summed E-state index contributed by atoms with van der Waals surface area (Å²) in [6.07, 6.45) is 36.1. The highest BCUT2D eigenvalue weighted by molar-refractivity contribution is 5.76. The molecule has 0 aliphatic rings. The smallest absolute Gasteiger partial charge is 0.222 e. The predicted octanol–water partition coefficient (Wildman–Crippen LogP) is 9.70. The summed E-state index contributed by atoms with van der Waals surface area (Å²) < 4.78 is 0. The Hall–Kier alpha value is -0.910. The molecule has 250 valence electrons. The summed E-state index contributed by atoms with van der Waals surface area (Å²) in [5, 5.41) is 33.1. The number of hydrogen-bond acceptors (Lipinski definition) is 4. The molecule has 42 heavy (non-hydrogen) atoms. The Morgan fingerprint density at radius 3 is 1.43 bits per heavy atom. The van der Waals surface area contributed by atoms with E-state index in [1.807, 2.05) is 0 Å². The molecule has 0 saturated heterocycles. The minimum Gasteiger partial charge on any atom is -0.394 e. The van der Waals surface area contributed by atoms with Crippen molar-refractivity contribution >= 4 is 5.91 Å². The van der Waals surface area contributed by atoms with E-state index in [1.54, 1.807) is 0 Å². The topological polar surface area (TPSA) is 89.8 Å². The van der Waals surface area contributed by atoms with Crippen molar-refractivity contribution in [2.75, 3.05) is 6.61 Å². The van der Waals surface area contributed by atoms with Gasteiger partial charge in [0.25, 0.3) is 0 Å². The van der Waals surface area contributed by atoms with Crippen LogP contribution in [-0.2, 0) is 4.79 Å². The molecule has 0 spiro atoms. The Labute approximate surface area is 261 Å². The molecule has 0 fully saturated rings. The Kier molecular flexibility index (Phi) is 32.3. The second kappa shape index (κ2) is 33.0. The van der Waals surface area contributed by atoms with Gasteiger partial charge in [0.05, 0.1) is 31.3 Å². The van der Waals surface area contributed by atoms with Crippen LogP contribution in [-0.4, -0.2) is 46.1 Å². The van der Waals surface area contributed by atoms with Gasteiger partial charge in [-0.05, 0) is 32.1 Å². The monoisotopic (exact) mass is 596 g/mol. The fourth-order valence-electron chi connectivity index (χ4n) is 5.68. The van der Waals surface area contributed by atoms with Crippen LogP contribution in [0.3, 0.4) is 0 Å². The summed E-state index contributed by atoms with van der Waals surface area (Å²) in [5.74, 6) is -0.298. The molecule has 0 saturated carbocycles. The summed E-state index contributed by atoms with van der Waals surface area (Å²) in [7, 11) is 0. The molecule has 0 aliphatic carbocycles. The van der Waals surface area contributed by atoms with Crippen molar-refractivity contribution in [2.45, 2.75) is 212 Å². The zero-order chi connectivity index (χ0) is 30.9. The quantitative estimate of drug-likeness (QED) is 0.0449. The lowest BCUT2D eigenvalue weighted by atomic mass is 10.0. The molecular weight excluding hydrogens is 522 g/mol. The summed E-state index contributed by atoms with van der Waals surface area (Å²) in [6, 6.07) is -0.659. The minimum atomic E-state index is -0.749. The lowest BCUT2D eigenvalue weighted by molar-refractivity contribution is -0.125. The van der Waals surface area contributed by atoms with Crippen molar-refractivity contribution in [3.8, 4) is 0 Å². The number of amides is 1. The van der Waals surface area contributed by atoms with E-state index >= 15 is 0 Å². The van der Waals surface area contributed by atoms with E-state index in [2.05, 4.69) is 31.3 Å². The average molecular weight is 596 g/mol. The van der Waals surface area contributed by atoms with Crippen LogP contribution >= 0.6 is 0 Å². The Balaban J connectivity index is 3.61. The maximum absolute atomic E-state index is 12.3. The summed E-state index contributed by atoms with van der Waals surface area (Å²) in [4.78, 5) is 12.3. The SMILES string of the molecule is CCCC/C=C\CCCCC(O)CC(=O)NC(CO)C(O)CCCCCCCCCCCCCCCCCCCCC. The van der Waals surface area contributed by atoms with Gasteiger partial charge in [0.1, 0.15) is 0 Å². The largest absolute Gasteiger partial charge is 0.394 e. The number of aliphatic hydroxyl groups is 3. The van der Waals surface area contributed by atoms with Gasteiger partial charge in [-0.1, -0.05) is 167 Å². The van der Waals surface area contributed by atoms with Gasteiger partial charge in [-0.3, -0.25) is 4.79 Å². The van der Waals surface area contributed by atoms with Crippen molar-refractivity contribution in [2.24, 2.45) is 0 Å². The molecule has 0 aromatic heterocycles. The first kappa shape index (κ1) is 41.1. The van der Waals surface area contributed by atoms with E-state index < -0.39 is 18.2 Å². The van der Waals surface area contributed by atoms with Crippen LogP contribution in [0.1, 0.15) is 194 Å². The third-order valence-electron chi connectivity index (χ3n) is 8.58. The highest BCUT2D eigenvalue weighted by Gasteiger charge is 2.21. The third-order valence-corrected chi connectivity index (χ3v) is 8.58. The van der Waals surface area contributed by atoms with E-state index in [9.17, 15) is 20.1 Å². The van der Waals surface area contributed by atoms with Gasteiger partial charge >= 0.3 is 0 Å². The summed E-state index contributed by atoms with van der Waals surface area (Å²) in [6.45, 7) is 4.19. The van der Waals surface area contributed by atoms with Crippen molar-refractivity contribution in [3.05, 3.63) is 12.2 Å². The zero-order valence-electron chi connectivity index (χ0n) is 28.1. The summed E-state index contributed by atoms with van der Waals surface area (Å²) in [5.41, 5.74) is 0. The molecule has 0 bridgehead atoms. The lowest BCUT2D eigenvalue weighted by Crippen LogP contribution is -2.46. The predicted molar refractivity (Wildman–Crippen MR) is 181 cm³/mol. The number of nitrogens with one attached hydrogen (secondary N) is 1. The molecular formula is C37H73NO4. The fraction of sp³-hybridized carbons (Fsp3) is 0.919. The second-order valence-electron chi connectivity index (χ2n) is 12.8. The maximum Gasteiger partial charge on any atom is 0.222 e. The molecule has 0 aromatic rings. The molecule has 1 amide bonds. The first-order chi connectivity index (χ1) is 20.5. The molecule has 3 atom stereocenters. The van der Waals surface area contributed by atoms with Gasteiger partial charge < -0.3 is 20.6 Å². The molecule has 0 rings (SSSR count). The standard InChI is InChI=1S/C37H73NO4/c1-3-5-7-9-11-13-14-15-16-17-18-19-20-21-22-23-25-27-29-31-36(41)35(33-39)38-37(42)32-34(40)30-28-26-24-12-10-8-6-4-2/h10,12,34-36,39-41H,3-9,11,13-33H2,1-2H3,(H,38,42)/b12-10-. The maximum atomic E-state index is 12.3. The third kappa shape index (κ3) is 29.2. The van der Waals surface area contributed by atoms with Gasteiger partial charge in [-0.25, -0.2) is 0 Å². The van der Waals surface area contributed by atoms with E-state index in [0.29, 0.717) is 12.8 Å². The number of carbonyl (C=O) groups is 1. The summed E-state index contributed by atoms with van der Waals surface area (Å²) >= 11 is 0. The molecule has 3 unspecified atom stereocenters. The molecule has 5 heteroatoms. The number of aliphatic hydroxyl groups excluding tert-OH is 3. The van der Waals surface area contributed by atoms with Crippen LogP contribution in [0.5, 0.6) is 0 Å². The number of carbonyl (C=O) groups excluding carboxylic acids is 1. The van der Waals surface area contributed by atoms with E-state index in [4.69, 9.17) is 0 Å². The first-order valence-electron chi connectivity index (χ1n) is 18.5. The molecule has 4 N–H and O–H groups in total. The van der Waals surface area contributed by atoms with Gasteiger partial charge in [0, 0.05) is 0 Å². The number of rotatable bonds is 33. The van der Waals surface area contributed by atoms with Gasteiger partial charge in [-0.15, -0.1) is 0 Å². The molecule has 5 nitrogen and oxygen atoms in total. The molecule has 0 aromatic carbocycles. The lowest BCUT2D eigenvalue weighted by Gasteiger charge is -2.23. The highest BCUT2D eigenvalue weighted by atomic mass is 16.3. The second-order valence-corrected chi connectivity index (χ2v) is 12.8. The van der Waals surface area contributed by atoms with Gasteiger partial charge in [0.2, 0.25) is 5.91 Å². The minimum absolute atomic E-state index is 0.0226. The van der Waals surface area contributed by atoms with Crippen LogP contribution in [0.4, 0.5) is 0 Å². The van der Waals surface area contributed by atoms with Crippen LogP contribution < -0.4 is 5.32 Å². The van der Waals surface area contributed by atoms with Crippen LogP contribution in [0, 0.1) is 0 Å². The molecule has 0 aliphatic heterocycles. The first-order valence-corrected chi connectivity index (χ1v) is 18.5. The average Bonchev–Trinajstić information content (AvgIpc) is 2.98. The van der Waals surface area contributed by atoms with Crippen LogP contribution in [0.15, 0.2) is 12.2 Å². The Morgan fingerprint density at radius 2 is 0.976 bits per heavy atom. The van der Waals surface area contributed by atoms with E-state index in [-0.39, 0.29) is 18.9 Å². The van der Waals surface area contributed by atoms with Crippen LogP contribution in [0.2, 0.25) is 0 Å². The van der Waals surface area contributed by atoms with E-state index in [1.165, 1.54) is 122 Å². The van der Waals surface area contributed by atoms with Gasteiger partial charge in [0.15, 0.2) is 0 Å². The van der Waals surface area contributed by atoms with Crippen molar-refractivity contribution < 1.29 is 20.1 Å². The van der Waals surface area contributed by atoms with Gasteiger partial charge in [-0.2, -0.15) is 0 Å².